The summed E-state index contributed by atoms with van der Waals surface area (Å²) in [4.78, 5) is 22.5. The Morgan fingerprint density at radius 1 is 1.07 bits per heavy atom. The van der Waals surface area contributed by atoms with E-state index in [-0.39, 0.29) is 18.0 Å². The molecule has 0 heterocycles. The molecule has 2 unspecified atom stereocenters. The molecular weight excluding hydrogens is 359 g/mol. The smallest absolute Gasteiger partial charge is 0.338 e. The molecule has 2 aliphatic carbocycles. The molecule has 0 saturated heterocycles. The van der Waals surface area contributed by atoms with Gasteiger partial charge in [0.25, 0.3) is 0 Å². The highest BCUT2D eigenvalue weighted by atomic mass is 19.1. The molecule has 3 N–H and O–H groups in total. The molecule has 0 aliphatic heterocycles. The Morgan fingerprint density at radius 3 is 2.14 bits per heavy atom. The molecule has 162 valence electrons. The van der Waals surface area contributed by atoms with E-state index in [0.29, 0.717) is 6.42 Å². The first-order chi connectivity index (χ1) is 13.4. The third-order valence-electron chi connectivity index (χ3n) is 6.56. The van der Waals surface area contributed by atoms with Gasteiger partial charge in [0.15, 0.2) is 6.17 Å². The maximum Gasteiger partial charge on any atom is 0.338 e. The van der Waals surface area contributed by atoms with E-state index in [0.717, 1.165) is 82.6 Å². The van der Waals surface area contributed by atoms with E-state index in [4.69, 9.17) is 5.11 Å². The molecule has 2 amide bonds. The highest BCUT2D eigenvalue weighted by Gasteiger charge is 2.45. The molecule has 0 aromatic heterocycles. The Hall–Kier alpha value is -1.33. The summed E-state index contributed by atoms with van der Waals surface area (Å²) in [6.07, 6.45) is 12.5. The van der Waals surface area contributed by atoms with Crippen LogP contribution in [0.15, 0.2) is 0 Å². The van der Waals surface area contributed by atoms with Gasteiger partial charge in [-0.3, -0.25) is 0 Å². The average molecular weight is 399 g/mol. The highest BCUT2D eigenvalue weighted by Crippen LogP contribution is 2.48. The van der Waals surface area contributed by atoms with Crippen molar-refractivity contribution in [1.29, 1.82) is 0 Å². The predicted molar refractivity (Wildman–Crippen MR) is 109 cm³/mol. The summed E-state index contributed by atoms with van der Waals surface area (Å²) in [7, 11) is 0. The number of hydrogen-bond donors (Lipinski definition) is 3. The molecule has 6 heteroatoms. The number of alkyl halides is 1. The molecular formula is C22H39FN2O3. The average Bonchev–Trinajstić information content (AvgIpc) is 3.31. The molecule has 3 atom stereocenters. The number of aliphatic carboxylic acids is 1. The summed E-state index contributed by atoms with van der Waals surface area (Å²) >= 11 is 0. The number of rotatable bonds is 15. The minimum atomic E-state index is -1.71. The number of carbonyl (C=O) groups is 2. The Morgan fingerprint density at radius 2 is 1.64 bits per heavy atom. The quantitative estimate of drug-likeness (QED) is 0.332. The molecule has 0 aromatic carbocycles. The van der Waals surface area contributed by atoms with Gasteiger partial charge in [-0.1, -0.05) is 45.4 Å². The standard InChI is InChI=1S/C22H39FN2O3/c1-17-15-18(17)16-22(12-10-13-22)25-21(28)24-14-9-7-5-3-2-4-6-8-11-19(23)20(26)27/h17-19H,2-16H2,1H3,(H,26,27)(H2,24,25,28)/t17-,18?,19?/m0/s1. The molecule has 5 nitrogen and oxygen atoms in total. The Balaban J connectivity index is 1.38. The molecule has 0 aromatic rings. The fourth-order valence-electron chi connectivity index (χ4n) is 4.29. The monoisotopic (exact) mass is 398 g/mol. The first-order valence-electron chi connectivity index (χ1n) is 11.3. The van der Waals surface area contributed by atoms with Crippen molar-refractivity contribution in [1.82, 2.24) is 10.6 Å². The minimum absolute atomic E-state index is 0.000492. The van der Waals surface area contributed by atoms with Crippen molar-refractivity contribution in [3.05, 3.63) is 0 Å². The summed E-state index contributed by atoms with van der Waals surface area (Å²) in [5, 5.41) is 14.7. The molecule has 0 bridgehead atoms. The van der Waals surface area contributed by atoms with E-state index in [1.165, 1.54) is 12.8 Å². The number of nitrogens with one attached hydrogen (secondary N) is 2. The van der Waals surface area contributed by atoms with Gasteiger partial charge in [-0.05, 0) is 63.2 Å². The van der Waals surface area contributed by atoms with Crippen molar-refractivity contribution >= 4 is 12.0 Å². The maximum absolute atomic E-state index is 12.9. The van der Waals surface area contributed by atoms with E-state index in [1.807, 2.05) is 0 Å². The summed E-state index contributed by atoms with van der Waals surface area (Å²) in [6.45, 7) is 3.03. The minimum Gasteiger partial charge on any atom is -0.479 e. The van der Waals surface area contributed by atoms with Crippen molar-refractivity contribution < 1.29 is 19.1 Å². The van der Waals surface area contributed by atoms with E-state index in [1.54, 1.807) is 0 Å². The van der Waals surface area contributed by atoms with Crippen LogP contribution in [0.25, 0.3) is 0 Å². The first kappa shape index (κ1) is 23.0. The first-order valence-corrected chi connectivity index (χ1v) is 11.3. The van der Waals surface area contributed by atoms with Gasteiger partial charge in [0.1, 0.15) is 0 Å². The largest absolute Gasteiger partial charge is 0.479 e. The normalized spacial score (nSPS) is 23.5. The molecule has 2 aliphatic rings. The van der Waals surface area contributed by atoms with Gasteiger partial charge >= 0.3 is 12.0 Å². The van der Waals surface area contributed by atoms with E-state index >= 15 is 0 Å². The van der Waals surface area contributed by atoms with Gasteiger partial charge in [0.05, 0.1) is 0 Å². The lowest BCUT2D eigenvalue weighted by Crippen LogP contribution is -2.56. The van der Waals surface area contributed by atoms with Crippen LogP contribution < -0.4 is 10.6 Å². The van der Waals surface area contributed by atoms with Crippen molar-refractivity contribution in [2.24, 2.45) is 11.8 Å². The van der Waals surface area contributed by atoms with E-state index < -0.39 is 12.1 Å². The summed E-state index contributed by atoms with van der Waals surface area (Å²) in [5.74, 6) is 0.312. The third kappa shape index (κ3) is 8.36. The Labute approximate surface area is 169 Å². The molecule has 2 fully saturated rings. The van der Waals surface area contributed by atoms with Gasteiger partial charge in [-0.25, -0.2) is 14.0 Å². The number of hydrogen-bond acceptors (Lipinski definition) is 2. The lowest BCUT2D eigenvalue weighted by Gasteiger charge is -2.43. The van der Waals surface area contributed by atoms with Crippen LogP contribution in [-0.4, -0.2) is 35.4 Å². The lowest BCUT2D eigenvalue weighted by molar-refractivity contribution is -0.143. The van der Waals surface area contributed by atoms with E-state index in [2.05, 4.69) is 17.6 Å². The fourth-order valence-corrected chi connectivity index (χ4v) is 4.29. The van der Waals surface area contributed by atoms with Crippen LogP contribution in [0.1, 0.15) is 96.8 Å². The van der Waals surface area contributed by atoms with Gasteiger partial charge in [-0.2, -0.15) is 0 Å². The van der Waals surface area contributed by atoms with Gasteiger partial charge in [-0.15, -0.1) is 0 Å². The second-order valence-electron chi connectivity index (χ2n) is 9.11. The maximum atomic E-state index is 12.9. The number of carbonyl (C=O) groups excluding carboxylic acids is 1. The van der Waals surface area contributed by atoms with Crippen molar-refractivity contribution in [3.63, 3.8) is 0 Å². The number of carboxylic acid groups (broad SMARTS) is 1. The summed E-state index contributed by atoms with van der Waals surface area (Å²) in [6, 6.07) is 0.000492. The summed E-state index contributed by atoms with van der Waals surface area (Å²) in [5.41, 5.74) is 0.0755. The molecule has 2 saturated carbocycles. The van der Waals surface area contributed by atoms with E-state index in [9.17, 15) is 14.0 Å². The van der Waals surface area contributed by atoms with Gasteiger partial charge in [0, 0.05) is 12.1 Å². The van der Waals surface area contributed by atoms with Crippen LogP contribution in [0.4, 0.5) is 9.18 Å². The van der Waals surface area contributed by atoms with Crippen molar-refractivity contribution in [2.75, 3.05) is 6.54 Å². The number of amides is 2. The molecule has 2 rings (SSSR count). The number of carboxylic acids is 1. The van der Waals surface area contributed by atoms with Crippen LogP contribution >= 0.6 is 0 Å². The zero-order chi connectivity index (χ0) is 20.4. The van der Waals surface area contributed by atoms with Gasteiger partial charge in [0.2, 0.25) is 0 Å². The van der Waals surface area contributed by atoms with Crippen molar-refractivity contribution in [3.8, 4) is 0 Å². The van der Waals surface area contributed by atoms with Crippen LogP contribution in [0.5, 0.6) is 0 Å². The lowest BCUT2D eigenvalue weighted by atomic mass is 9.73. The van der Waals surface area contributed by atoms with Crippen LogP contribution in [0.3, 0.4) is 0 Å². The summed E-state index contributed by atoms with van der Waals surface area (Å²) < 4.78 is 12.9. The Kier molecular flexibility index (Phi) is 9.52. The number of halogens is 1. The van der Waals surface area contributed by atoms with Crippen LogP contribution in [-0.2, 0) is 4.79 Å². The molecule has 0 radical (unpaired) electrons. The number of unbranched alkanes of at least 4 members (excludes halogenated alkanes) is 7. The third-order valence-corrected chi connectivity index (χ3v) is 6.56. The second-order valence-corrected chi connectivity index (χ2v) is 9.11. The zero-order valence-electron chi connectivity index (χ0n) is 17.5. The van der Waals surface area contributed by atoms with Gasteiger partial charge < -0.3 is 15.7 Å². The topological polar surface area (TPSA) is 78.4 Å². The van der Waals surface area contributed by atoms with Crippen LogP contribution in [0.2, 0.25) is 0 Å². The fraction of sp³-hybridized carbons (Fsp3) is 0.909. The zero-order valence-corrected chi connectivity index (χ0v) is 17.5. The number of urea groups is 1. The SMILES string of the molecule is C[C@H]1CC1CC1(NC(=O)NCCCCCCCCCCC(F)C(=O)O)CCC1. The highest BCUT2D eigenvalue weighted by molar-refractivity contribution is 5.75. The molecule has 0 spiro atoms. The second kappa shape index (κ2) is 11.6. The van der Waals surface area contributed by atoms with Crippen LogP contribution in [0, 0.1) is 11.8 Å². The molecule has 28 heavy (non-hydrogen) atoms. The Bertz CT molecular complexity index is 496. The van der Waals surface area contributed by atoms with Crippen molar-refractivity contribution in [2.45, 2.75) is 109 Å². The predicted octanol–water partition coefficient (Wildman–Crippen LogP) is 5.19.